The summed E-state index contributed by atoms with van der Waals surface area (Å²) >= 11 is 0. The van der Waals surface area contributed by atoms with Gasteiger partial charge in [-0.15, -0.1) is 0 Å². The van der Waals surface area contributed by atoms with Crippen LogP contribution in [0.3, 0.4) is 0 Å². The van der Waals surface area contributed by atoms with Gasteiger partial charge in [-0.3, -0.25) is 4.98 Å². The van der Waals surface area contributed by atoms with Gasteiger partial charge in [0.05, 0.1) is 11.4 Å². The summed E-state index contributed by atoms with van der Waals surface area (Å²) in [5.41, 5.74) is 11.9. The first-order chi connectivity index (χ1) is 14.1. The van der Waals surface area contributed by atoms with Crippen LogP contribution in [0.5, 0.6) is 0 Å². The summed E-state index contributed by atoms with van der Waals surface area (Å²) in [5, 5.41) is 3.19. The summed E-state index contributed by atoms with van der Waals surface area (Å²) in [6.45, 7) is 4.20. The number of anilines is 1. The highest BCUT2D eigenvalue weighted by Gasteiger charge is 2.18. The Morgan fingerprint density at radius 1 is 0.966 bits per heavy atom. The van der Waals surface area contributed by atoms with E-state index in [4.69, 9.17) is 10.7 Å². The molecular formula is C24H21N5. The van der Waals surface area contributed by atoms with Crippen LogP contribution in [0.1, 0.15) is 24.6 Å². The van der Waals surface area contributed by atoms with Crippen molar-refractivity contribution in [2.75, 3.05) is 5.73 Å². The maximum atomic E-state index is 6.20. The standard InChI is InChI=1S/C24H21N5/c1-14-11-18(16-8-10-26-23(25)20(16)12-14)19-13-22(21-7-3-5-15(2)28-21)29-24-17(19)6-4-9-27-24/h3-10,12-14H,11H2,1-2H3,(H2,25,26). The van der Waals surface area contributed by atoms with Crippen molar-refractivity contribution in [3.8, 4) is 11.4 Å². The van der Waals surface area contributed by atoms with Gasteiger partial charge in [-0.05, 0) is 72.0 Å². The third-order valence-electron chi connectivity index (χ3n) is 5.38. The molecule has 0 saturated heterocycles. The Hall–Kier alpha value is -3.60. The molecule has 1 atom stereocenters. The molecule has 0 aromatic carbocycles. The van der Waals surface area contributed by atoms with E-state index in [1.807, 2.05) is 31.2 Å². The molecule has 0 amide bonds. The molecule has 4 aromatic rings. The van der Waals surface area contributed by atoms with Crippen molar-refractivity contribution in [1.82, 2.24) is 19.9 Å². The molecule has 5 rings (SSSR count). The predicted molar refractivity (Wildman–Crippen MR) is 116 cm³/mol. The molecule has 0 aliphatic heterocycles. The lowest BCUT2D eigenvalue weighted by Crippen LogP contribution is -2.35. The quantitative estimate of drug-likeness (QED) is 0.579. The zero-order chi connectivity index (χ0) is 20.0. The average Bonchev–Trinajstić information content (AvgIpc) is 2.73. The number of nitrogens with zero attached hydrogens (tertiary/aromatic N) is 4. The first kappa shape index (κ1) is 17.5. The van der Waals surface area contributed by atoms with Gasteiger partial charge in [0.2, 0.25) is 0 Å². The van der Waals surface area contributed by atoms with Crippen LogP contribution >= 0.6 is 0 Å². The van der Waals surface area contributed by atoms with Crippen LogP contribution in [0, 0.1) is 12.8 Å². The van der Waals surface area contributed by atoms with Gasteiger partial charge in [-0.2, -0.15) is 0 Å². The van der Waals surface area contributed by atoms with Crippen molar-refractivity contribution < 1.29 is 0 Å². The molecule has 1 aliphatic carbocycles. The van der Waals surface area contributed by atoms with E-state index < -0.39 is 0 Å². The van der Waals surface area contributed by atoms with Crippen LogP contribution in [-0.4, -0.2) is 19.9 Å². The number of nitrogens with two attached hydrogens (primary N) is 1. The second-order valence-electron chi connectivity index (χ2n) is 7.58. The molecule has 142 valence electrons. The van der Waals surface area contributed by atoms with Crippen LogP contribution in [0.25, 0.3) is 34.1 Å². The normalized spacial score (nSPS) is 15.8. The van der Waals surface area contributed by atoms with Crippen molar-refractivity contribution in [1.29, 1.82) is 0 Å². The van der Waals surface area contributed by atoms with Crippen molar-refractivity contribution in [3.63, 3.8) is 0 Å². The fourth-order valence-corrected chi connectivity index (χ4v) is 4.08. The van der Waals surface area contributed by atoms with E-state index in [-0.39, 0.29) is 0 Å². The van der Waals surface area contributed by atoms with Crippen LogP contribution < -0.4 is 16.2 Å². The molecule has 1 unspecified atom stereocenters. The van der Waals surface area contributed by atoms with E-state index in [1.54, 1.807) is 12.4 Å². The van der Waals surface area contributed by atoms with Gasteiger partial charge in [-0.25, -0.2) is 15.0 Å². The number of nitrogen functional groups attached to an aromatic ring is 1. The molecule has 1 aliphatic rings. The van der Waals surface area contributed by atoms with Crippen molar-refractivity contribution >= 4 is 28.5 Å². The van der Waals surface area contributed by atoms with Gasteiger partial charge in [0, 0.05) is 28.7 Å². The monoisotopic (exact) mass is 379 g/mol. The Morgan fingerprint density at radius 3 is 2.72 bits per heavy atom. The summed E-state index contributed by atoms with van der Waals surface area (Å²) in [5.74, 6) is 0.938. The summed E-state index contributed by atoms with van der Waals surface area (Å²) in [7, 11) is 0. The Bertz CT molecular complexity index is 1370. The van der Waals surface area contributed by atoms with Gasteiger partial charge in [0.25, 0.3) is 0 Å². The molecule has 0 spiro atoms. The largest absolute Gasteiger partial charge is 0.383 e. The molecule has 0 fully saturated rings. The van der Waals surface area contributed by atoms with Crippen LogP contribution in [0.2, 0.25) is 0 Å². The van der Waals surface area contributed by atoms with E-state index >= 15 is 0 Å². The van der Waals surface area contributed by atoms with Crippen molar-refractivity contribution in [3.05, 3.63) is 76.6 Å². The van der Waals surface area contributed by atoms with Gasteiger partial charge < -0.3 is 5.73 Å². The number of aromatic nitrogens is 4. The van der Waals surface area contributed by atoms with Crippen molar-refractivity contribution in [2.24, 2.45) is 5.92 Å². The second-order valence-corrected chi connectivity index (χ2v) is 7.58. The first-order valence-corrected chi connectivity index (χ1v) is 9.76. The molecule has 4 aromatic heterocycles. The summed E-state index contributed by atoms with van der Waals surface area (Å²) in [6.07, 6.45) is 6.70. The van der Waals surface area contributed by atoms with E-state index in [9.17, 15) is 0 Å². The third-order valence-corrected chi connectivity index (χ3v) is 5.38. The molecule has 0 saturated carbocycles. The number of hydrogen-bond acceptors (Lipinski definition) is 5. The van der Waals surface area contributed by atoms with Crippen LogP contribution in [0.4, 0.5) is 5.82 Å². The van der Waals surface area contributed by atoms with Gasteiger partial charge in [0.1, 0.15) is 5.82 Å². The molecule has 2 N–H and O–H groups in total. The van der Waals surface area contributed by atoms with Crippen LogP contribution in [0.15, 0.2) is 54.9 Å². The highest BCUT2D eigenvalue weighted by Crippen LogP contribution is 2.31. The summed E-state index contributed by atoms with van der Waals surface area (Å²) in [6, 6.07) is 14.2. The molecular weight excluding hydrogens is 358 g/mol. The highest BCUT2D eigenvalue weighted by atomic mass is 14.9. The number of rotatable bonds is 2. The SMILES string of the molecule is Cc1cccc(-c2cc(C3=c4ccnc(N)c4=CC(C)C3)c3cccnc3n2)n1. The number of hydrogen-bond donors (Lipinski definition) is 1. The molecule has 29 heavy (non-hydrogen) atoms. The smallest absolute Gasteiger partial charge is 0.160 e. The maximum absolute atomic E-state index is 6.20. The first-order valence-electron chi connectivity index (χ1n) is 9.76. The minimum atomic E-state index is 0.365. The Labute approximate surface area is 168 Å². The fourth-order valence-electron chi connectivity index (χ4n) is 4.08. The molecule has 4 heterocycles. The van der Waals surface area contributed by atoms with E-state index in [0.29, 0.717) is 11.7 Å². The Morgan fingerprint density at radius 2 is 1.86 bits per heavy atom. The van der Waals surface area contributed by atoms with E-state index in [2.05, 4.69) is 46.2 Å². The summed E-state index contributed by atoms with van der Waals surface area (Å²) < 4.78 is 0. The lowest BCUT2D eigenvalue weighted by molar-refractivity contribution is 0.785. The predicted octanol–water partition coefficient (Wildman–Crippen LogP) is 3.00. The topological polar surface area (TPSA) is 77.6 Å². The number of fused-ring (bicyclic) bond motifs is 2. The zero-order valence-electron chi connectivity index (χ0n) is 16.4. The van der Waals surface area contributed by atoms with Gasteiger partial charge >= 0.3 is 0 Å². The number of aryl methyl sites for hydroxylation is 1. The van der Waals surface area contributed by atoms with Crippen LogP contribution in [-0.2, 0) is 0 Å². The highest BCUT2D eigenvalue weighted by molar-refractivity contribution is 5.92. The van der Waals surface area contributed by atoms with E-state index in [1.165, 1.54) is 5.57 Å². The van der Waals surface area contributed by atoms with Gasteiger partial charge in [-0.1, -0.05) is 19.1 Å². The number of pyridine rings is 4. The molecule has 0 bridgehead atoms. The third kappa shape index (κ3) is 3.05. The lowest BCUT2D eigenvalue weighted by atomic mass is 9.87. The van der Waals surface area contributed by atoms with Crippen molar-refractivity contribution in [2.45, 2.75) is 20.3 Å². The summed E-state index contributed by atoms with van der Waals surface area (Å²) in [4.78, 5) is 18.3. The Balaban J connectivity index is 1.88. The Kier molecular flexibility index (Phi) is 4.09. The second kappa shape index (κ2) is 6.78. The minimum Gasteiger partial charge on any atom is -0.383 e. The maximum Gasteiger partial charge on any atom is 0.160 e. The minimum absolute atomic E-state index is 0.365. The average molecular weight is 379 g/mol. The molecule has 0 radical (unpaired) electrons. The fraction of sp³-hybridized carbons (Fsp3) is 0.167. The van der Waals surface area contributed by atoms with Gasteiger partial charge in [0.15, 0.2) is 5.65 Å². The zero-order valence-corrected chi connectivity index (χ0v) is 16.4. The van der Waals surface area contributed by atoms with E-state index in [0.717, 1.165) is 50.5 Å². The lowest BCUT2D eigenvalue weighted by Gasteiger charge is -2.19. The molecule has 5 heteroatoms. The molecule has 5 nitrogen and oxygen atoms in total.